The Bertz CT molecular complexity index is 1260. The Kier molecular flexibility index (Phi) is 6.44. The molecule has 2 heterocycles. The van der Waals surface area contributed by atoms with Gasteiger partial charge in [0.25, 0.3) is 11.7 Å². The van der Waals surface area contributed by atoms with Gasteiger partial charge in [-0.3, -0.25) is 9.59 Å². The van der Waals surface area contributed by atoms with Crippen LogP contribution in [0.25, 0.3) is 16.7 Å². The second-order valence-electron chi connectivity index (χ2n) is 7.77. The fraction of sp³-hybridized carbons (Fsp3) is 0.280. The van der Waals surface area contributed by atoms with E-state index >= 15 is 0 Å². The van der Waals surface area contributed by atoms with E-state index in [4.69, 9.17) is 21.1 Å². The highest BCUT2D eigenvalue weighted by molar-refractivity contribution is 6.47. The summed E-state index contributed by atoms with van der Waals surface area (Å²) in [5.41, 5.74) is 2.64. The summed E-state index contributed by atoms with van der Waals surface area (Å²) in [5, 5.41) is 12.5. The molecule has 2 N–H and O–H groups in total. The van der Waals surface area contributed by atoms with Crippen LogP contribution in [-0.4, -0.2) is 53.5 Å². The molecule has 2 aromatic carbocycles. The van der Waals surface area contributed by atoms with Gasteiger partial charge in [-0.25, -0.2) is 0 Å². The number of halogens is 1. The molecule has 0 saturated carbocycles. The van der Waals surface area contributed by atoms with Crippen LogP contribution < -0.4 is 4.74 Å². The van der Waals surface area contributed by atoms with Gasteiger partial charge in [0.1, 0.15) is 11.5 Å². The number of carbonyl (C=O) groups is 2. The fourth-order valence-electron chi connectivity index (χ4n) is 4.34. The van der Waals surface area contributed by atoms with Gasteiger partial charge in [0.2, 0.25) is 0 Å². The van der Waals surface area contributed by atoms with E-state index < -0.39 is 17.7 Å². The van der Waals surface area contributed by atoms with Crippen LogP contribution >= 0.6 is 11.6 Å². The number of nitrogens with one attached hydrogen (secondary N) is 1. The first-order valence-electron chi connectivity index (χ1n) is 10.7. The number of aromatic amines is 1. The number of ether oxygens (including phenoxy) is 2. The summed E-state index contributed by atoms with van der Waals surface area (Å²) in [6.45, 7) is 4.58. The maximum atomic E-state index is 13.2. The molecular weight excluding hydrogens is 444 g/mol. The molecule has 1 aliphatic heterocycles. The highest BCUT2D eigenvalue weighted by Gasteiger charge is 2.47. The van der Waals surface area contributed by atoms with Gasteiger partial charge >= 0.3 is 0 Å². The summed E-state index contributed by atoms with van der Waals surface area (Å²) in [6.07, 6.45) is 0. The number of fused-ring (bicyclic) bond motifs is 1. The van der Waals surface area contributed by atoms with Crippen molar-refractivity contribution in [3.8, 4) is 5.75 Å². The lowest BCUT2D eigenvalue weighted by molar-refractivity contribution is -0.140. The molecule has 1 amide bonds. The second-order valence-corrected chi connectivity index (χ2v) is 8.18. The van der Waals surface area contributed by atoms with Crippen LogP contribution in [0.5, 0.6) is 5.75 Å². The van der Waals surface area contributed by atoms with E-state index in [1.165, 1.54) is 12.0 Å². The first-order valence-corrected chi connectivity index (χ1v) is 11.0. The number of aliphatic hydroxyl groups excluding tert-OH is 1. The summed E-state index contributed by atoms with van der Waals surface area (Å²) < 4.78 is 10.7. The Morgan fingerprint density at radius 3 is 2.70 bits per heavy atom. The minimum Gasteiger partial charge on any atom is -0.507 e. The summed E-state index contributed by atoms with van der Waals surface area (Å²) >= 11 is 6.39. The number of methoxy groups -OCH3 is 1. The van der Waals surface area contributed by atoms with Gasteiger partial charge in [0.15, 0.2) is 0 Å². The van der Waals surface area contributed by atoms with E-state index in [9.17, 15) is 14.7 Å². The molecular formula is C25H25ClN2O5. The lowest BCUT2D eigenvalue weighted by Crippen LogP contribution is -2.32. The molecule has 0 spiro atoms. The normalized spacial score (nSPS) is 17.8. The van der Waals surface area contributed by atoms with Gasteiger partial charge in [0, 0.05) is 41.4 Å². The number of ketones is 1. The van der Waals surface area contributed by atoms with Crippen molar-refractivity contribution < 1.29 is 24.2 Å². The van der Waals surface area contributed by atoms with Gasteiger partial charge in [0.05, 0.1) is 29.9 Å². The number of hydrogen-bond donors (Lipinski definition) is 2. The van der Waals surface area contributed by atoms with Crippen molar-refractivity contribution in [2.24, 2.45) is 0 Å². The number of Topliss-reactive ketones (excluding diaryl/α,β-unsaturated/α-hetero) is 1. The minimum absolute atomic E-state index is 0.0143. The topological polar surface area (TPSA) is 91.9 Å². The van der Waals surface area contributed by atoms with Crippen molar-refractivity contribution in [1.29, 1.82) is 0 Å². The van der Waals surface area contributed by atoms with E-state index in [0.717, 1.165) is 22.2 Å². The third-order valence-electron chi connectivity index (χ3n) is 5.80. The molecule has 1 aromatic heterocycles. The zero-order valence-corrected chi connectivity index (χ0v) is 19.4. The molecule has 8 heteroatoms. The Balaban J connectivity index is 1.97. The number of para-hydroxylation sites is 1. The maximum Gasteiger partial charge on any atom is 0.295 e. The van der Waals surface area contributed by atoms with Crippen molar-refractivity contribution in [2.45, 2.75) is 19.9 Å². The highest BCUT2D eigenvalue weighted by atomic mass is 35.5. The number of rotatable bonds is 7. The molecule has 1 aliphatic rings. The molecule has 1 unspecified atom stereocenters. The van der Waals surface area contributed by atoms with E-state index in [1.54, 1.807) is 18.2 Å². The zero-order valence-electron chi connectivity index (χ0n) is 18.6. The van der Waals surface area contributed by atoms with Gasteiger partial charge in [-0.15, -0.1) is 0 Å². The Morgan fingerprint density at radius 1 is 1.21 bits per heavy atom. The Labute approximate surface area is 196 Å². The molecule has 1 fully saturated rings. The van der Waals surface area contributed by atoms with Crippen LogP contribution in [0.15, 0.2) is 48.0 Å². The van der Waals surface area contributed by atoms with Crippen LogP contribution in [-0.2, 0) is 14.3 Å². The van der Waals surface area contributed by atoms with Gasteiger partial charge in [-0.1, -0.05) is 29.8 Å². The fourth-order valence-corrected chi connectivity index (χ4v) is 4.55. The first kappa shape index (κ1) is 22.9. The van der Waals surface area contributed by atoms with Gasteiger partial charge in [-0.2, -0.15) is 0 Å². The first-order chi connectivity index (χ1) is 15.9. The monoisotopic (exact) mass is 468 g/mol. The quantitative estimate of drug-likeness (QED) is 0.300. The number of H-pyrrole nitrogens is 1. The van der Waals surface area contributed by atoms with Crippen LogP contribution in [0.4, 0.5) is 0 Å². The maximum absolute atomic E-state index is 13.2. The lowest BCUT2D eigenvalue weighted by atomic mass is 9.93. The van der Waals surface area contributed by atoms with Crippen LogP contribution in [0.2, 0.25) is 5.02 Å². The summed E-state index contributed by atoms with van der Waals surface area (Å²) in [4.78, 5) is 31.1. The average molecular weight is 469 g/mol. The number of aryl methyl sites for hydroxylation is 1. The summed E-state index contributed by atoms with van der Waals surface area (Å²) in [5.74, 6) is -1.30. The summed E-state index contributed by atoms with van der Waals surface area (Å²) in [6, 6.07) is 11.7. The lowest BCUT2D eigenvalue weighted by Gasteiger charge is -2.25. The van der Waals surface area contributed by atoms with Crippen molar-refractivity contribution in [3.63, 3.8) is 0 Å². The molecule has 4 rings (SSSR count). The summed E-state index contributed by atoms with van der Waals surface area (Å²) in [7, 11) is 1.53. The standard InChI is InChI=1S/C25H25ClN2O5/c1-4-33-15-9-10-18(26)17(13-15)23(29)21-22(28(11-12-32-3)25(31)24(21)30)20-14(2)27-19-8-6-5-7-16(19)20/h5-10,13,22,27,29H,4,11-12H2,1-3H3/b23-21+. The largest absolute Gasteiger partial charge is 0.507 e. The SMILES string of the molecule is CCOc1ccc(Cl)c(/C(O)=C2\C(=O)C(=O)N(CCOC)C2c2c(C)[nH]c3ccccc23)c1. The van der Waals surface area contributed by atoms with Crippen molar-refractivity contribution in [1.82, 2.24) is 9.88 Å². The predicted molar refractivity (Wildman–Crippen MR) is 127 cm³/mol. The van der Waals surface area contributed by atoms with E-state index in [-0.39, 0.29) is 35.1 Å². The third-order valence-corrected chi connectivity index (χ3v) is 6.13. The molecule has 3 aromatic rings. The van der Waals surface area contributed by atoms with Crippen LogP contribution in [0, 0.1) is 6.92 Å². The van der Waals surface area contributed by atoms with Crippen molar-refractivity contribution in [3.05, 3.63) is 69.9 Å². The number of amides is 1. The molecule has 0 radical (unpaired) electrons. The smallest absolute Gasteiger partial charge is 0.295 e. The van der Waals surface area contributed by atoms with E-state index in [1.807, 2.05) is 38.1 Å². The number of hydrogen-bond acceptors (Lipinski definition) is 5. The highest BCUT2D eigenvalue weighted by Crippen LogP contribution is 2.44. The van der Waals surface area contributed by atoms with Gasteiger partial charge in [-0.05, 0) is 38.1 Å². The van der Waals surface area contributed by atoms with Crippen molar-refractivity contribution >= 4 is 40.0 Å². The minimum atomic E-state index is -0.803. The number of nitrogens with zero attached hydrogens (tertiary/aromatic N) is 1. The van der Waals surface area contributed by atoms with Gasteiger partial charge < -0.3 is 24.5 Å². The van der Waals surface area contributed by atoms with Crippen LogP contribution in [0.1, 0.15) is 29.8 Å². The molecule has 1 atom stereocenters. The number of benzene rings is 2. The number of aromatic nitrogens is 1. The molecule has 172 valence electrons. The number of aliphatic hydroxyl groups is 1. The molecule has 0 aliphatic carbocycles. The Morgan fingerprint density at radius 2 is 1.97 bits per heavy atom. The molecule has 1 saturated heterocycles. The number of carbonyl (C=O) groups excluding carboxylic acids is 2. The molecule has 7 nitrogen and oxygen atoms in total. The molecule has 0 bridgehead atoms. The van der Waals surface area contributed by atoms with E-state index in [2.05, 4.69) is 4.98 Å². The van der Waals surface area contributed by atoms with Crippen LogP contribution in [0.3, 0.4) is 0 Å². The molecule has 33 heavy (non-hydrogen) atoms. The second kappa shape index (κ2) is 9.29. The number of likely N-dealkylation sites (tertiary alicyclic amines) is 1. The zero-order chi connectivity index (χ0) is 23.7. The third kappa shape index (κ3) is 3.98. The van der Waals surface area contributed by atoms with E-state index in [0.29, 0.717) is 12.4 Å². The Hall–Kier alpha value is -3.29. The van der Waals surface area contributed by atoms with Crippen molar-refractivity contribution in [2.75, 3.05) is 26.9 Å². The average Bonchev–Trinajstić information content (AvgIpc) is 3.25. The predicted octanol–water partition coefficient (Wildman–Crippen LogP) is 4.60.